The van der Waals surface area contributed by atoms with E-state index in [1.807, 2.05) is 28.8 Å². The van der Waals surface area contributed by atoms with Crippen molar-refractivity contribution in [1.29, 1.82) is 0 Å². The molecule has 1 spiro atoms. The monoisotopic (exact) mass is 394 g/mol. The van der Waals surface area contributed by atoms with Gasteiger partial charge < -0.3 is 13.9 Å². The fraction of sp³-hybridized carbons (Fsp3) is 0.611. The molecule has 8 nitrogen and oxygen atoms in total. The zero-order chi connectivity index (χ0) is 18.9. The molecule has 0 aliphatic carbocycles. The second-order valence-corrected chi connectivity index (χ2v) is 9.38. The van der Waals surface area contributed by atoms with Crippen LogP contribution in [0.4, 0.5) is 0 Å². The van der Waals surface area contributed by atoms with Crippen LogP contribution in [0.2, 0.25) is 0 Å². The first-order chi connectivity index (χ1) is 12.9. The molecule has 0 unspecified atom stereocenters. The summed E-state index contributed by atoms with van der Waals surface area (Å²) in [7, 11) is -3.21. The van der Waals surface area contributed by atoms with Gasteiger partial charge in [-0.2, -0.15) is 0 Å². The highest BCUT2D eigenvalue weighted by Gasteiger charge is 2.43. The summed E-state index contributed by atoms with van der Waals surface area (Å²) >= 11 is 0. The van der Waals surface area contributed by atoms with Crippen LogP contribution in [-0.2, 0) is 26.0 Å². The molecule has 9 heteroatoms. The van der Waals surface area contributed by atoms with E-state index >= 15 is 0 Å². The molecule has 1 N–H and O–H groups in total. The molecule has 2 aromatic heterocycles. The Morgan fingerprint density at radius 3 is 3.11 bits per heavy atom. The minimum absolute atomic E-state index is 0.113. The number of hydrogen-bond donors (Lipinski definition) is 1. The number of aromatic nitrogens is 2. The number of fused-ring (bicyclic) bond motifs is 1. The van der Waals surface area contributed by atoms with Crippen LogP contribution in [0.3, 0.4) is 0 Å². The van der Waals surface area contributed by atoms with Crippen molar-refractivity contribution in [2.24, 2.45) is 0 Å². The lowest BCUT2D eigenvalue weighted by Gasteiger charge is -2.31. The Bertz CT molecular complexity index is 867. The molecule has 4 heterocycles. The molecule has 148 valence electrons. The highest BCUT2D eigenvalue weighted by atomic mass is 32.2. The van der Waals surface area contributed by atoms with Gasteiger partial charge in [-0.05, 0) is 25.0 Å². The average Bonchev–Trinajstić information content (AvgIpc) is 3.14. The van der Waals surface area contributed by atoms with E-state index in [9.17, 15) is 8.42 Å². The normalized spacial score (nSPS) is 27.4. The van der Waals surface area contributed by atoms with Gasteiger partial charge in [-0.1, -0.05) is 6.07 Å². The van der Waals surface area contributed by atoms with Crippen LogP contribution in [-0.4, -0.2) is 73.5 Å². The van der Waals surface area contributed by atoms with Crippen molar-refractivity contribution in [2.75, 3.05) is 39.1 Å². The smallest absolute Gasteiger partial charge is 0.208 e. The van der Waals surface area contributed by atoms with Crippen molar-refractivity contribution in [3.63, 3.8) is 0 Å². The average molecular weight is 394 g/mol. The van der Waals surface area contributed by atoms with Crippen molar-refractivity contribution < 1.29 is 17.9 Å². The van der Waals surface area contributed by atoms with E-state index in [0.29, 0.717) is 19.8 Å². The minimum atomic E-state index is -3.21. The van der Waals surface area contributed by atoms with Crippen molar-refractivity contribution in [2.45, 2.75) is 31.1 Å². The topological polar surface area (TPSA) is 85.2 Å². The maximum atomic E-state index is 11.3. The highest BCUT2D eigenvalue weighted by Crippen LogP contribution is 2.33. The highest BCUT2D eigenvalue weighted by molar-refractivity contribution is 7.88. The Labute approximate surface area is 159 Å². The summed E-state index contributed by atoms with van der Waals surface area (Å²) < 4.78 is 39.3. The van der Waals surface area contributed by atoms with Gasteiger partial charge in [0, 0.05) is 38.6 Å². The zero-order valence-electron chi connectivity index (χ0n) is 15.5. The van der Waals surface area contributed by atoms with Crippen molar-refractivity contribution in [3.05, 3.63) is 36.3 Å². The molecule has 2 atom stereocenters. The van der Waals surface area contributed by atoms with Gasteiger partial charge in [-0.3, -0.25) is 4.90 Å². The van der Waals surface area contributed by atoms with Crippen LogP contribution in [0.15, 0.2) is 30.6 Å². The van der Waals surface area contributed by atoms with E-state index in [4.69, 9.17) is 9.47 Å². The first kappa shape index (κ1) is 18.8. The zero-order valence-corrected chi connectivity index (χ0v) is 16.3. The van der Waals surface area contributed by atoms with Gasteiger partial charge >= 0.3 is 0 Å². The van der Waals surface area contributed by atoms with Gasteiger partial charge in [-0.15, -0.1) is 0 Å². The van der Waals surface area contributed by atoms with Crippen LogP contribution >= 0.6 is 0 Å². The molecule has 0 amide bonds. The van der Waals surface area contributed by atoms with E-state index in [2.05, 4.69) is 20.8 Å². The summed E-state index contributed by atoms with van der Waals surface area (Å²) in [4.78, 5) is 7.01. The van der Waals surface area contributed by atoms with Gasteiger partial charge in [0.15, 0.2) is 0 Å². The Morgan fingerprint density at radius 2 is 2.30 bits per heavy atom. The first-order valence-corrected chi connectivity index (χ1v) is 11.2. The number of nitrogens with zero attached hydrogens (tertiary/aromatic N) is 3. The van der Waals surface area contributed by atoms with Crippen molar-refractivity contribution in [1.82, 2.24) is 19.0 Å². The van der Waals surface area contributed by atoms with E-state index in [1.165, 1.54) is 6.26 Å². The van der Waals surface area contributed by atoms with Crippen LogP contribution in [0, 0.1) is 0 Å². The quantitative estimate of drug-likeness (QED) is 0.801. The first-order valence-electron chi connectivity index (χ1n) is 9.26. The largest absolute Gasteiger partial charge is 0.377 e. The van der Waals surface area contributed by atoms with Gasteiger partial charge in [0.25, 0.3) is 0 Å². The van der Waals surface area contributed by atoms with Gasteiger partial charge in [-0.25, -0.2) is 18.1 Å². The van der Waals surface area contributed by atoms with Gasteiger partial charge in [0.1, 0.15) is 11.2 Å². The van der Waals surface area contributed by atoms with Gasteiger partial charge in [0.2, 0.25) is 10.0 Å². The molecular formula is C18H26N4O4S. The van der Waals surface area contributed by atoms with E-state index in [1.54, 1.807) is 0 Å². The number of rotatable bonds is 5. The molecule has 2 aromatic rings. The Morgan fingerprint density at radius 1 is 1.41 bits per heavy atom. The number of ether oxygens (including phenoxy) is 2. The second kappa shape index (κ2) is 7.48. The van der Waals surface area contributed by atoms with E-state index < -0.39 is 10.0 Å². The molecule has 0 radical (unpaired) electrons. The maximum absolute atomic E-state index is 11.3. The predicted octanol–water partition coefficient (Wildman–Crippen LogP) is 0.634. The molecule has 0 bridgehead atoms. The summed E-state index contributed by atoms with van der Waals surface area (Å²) in [6.07, 6.45) is 6.81. The summed E-state index contributed by atoms with van der Waals surface area (Å²) in [5, 5.41) is 0. The molecule has 27 heavy (non-hydrogen) atoms. The van der Waals surface area contributed by atoms with Crippen LogP contribution in [0.5, 0.6) is 0 Å². The molecule has 2 aliphatic heterocycles. The lowest BCUT2D eigenvalue weighted by Crippen LogP contribution is -2.45. The van der Waals surface area contributed by atoms with Gasteiger partial charge in [0.05, 0.1) is 31.3 Å². The molecule has 0 aromatic carbocycles. The van der Waals surface area contributed by atoms with Crippen molar-refractivity contribution in [3.8, 4) is 0 Å². The molecule has 2 aliphatic rings. The Balaban J connectivity index is 1.41. The molecule has 4 rings (SSSR count). The summed E-state index contributed by atoms with van der Waals surface area (Å²) in [6.45, 7) is 3.84. The van der Waals surface area contributed by atoms with Crippen LogP contribution in [0.25, 0.3) is 5.65 Å². The summed E-state index contributed by atoms with van der Waals surface area (Å²) in [6, 6.07) is 5.97. The maximum Gasteiger partial charge on any atom is 0.208 e. The molecular weight excluding hydrogens is 368 g/mol. The number of imidazole rings is 1. The number of pyridine rings is 1. The second-order valence-electron chi connectivity index (χ2n) is 7.54. The predicted molar refractivity (Wildman–Crippen MR) is 101 cm³/mol. The summed E-state index contributed by atoms with van der Waals surface area (Å²) in [5.74, 6) is 0. The van der Waals surface area contributed by atoms with Crippen LogP contribution in [0.1, 0.15) is 18.5 Å². The number of hydrogen-bond acceptors (Lipinski definition) is 6. The Kier molecular flexibility index (Phi) is 5.21. The Hall–Kier alpha value is -1.52. The minimum Gasteiger partial charge on any atom is -0.377 e. The van der Waals surface area contributed by atoms with Crippen LogP contribution < -0.4 is 4.72 Å². The lowest BCUT2D eigenvalue weighted by atomic mass is 10.00. The lowest BCUT2D eigenvalue weighted by molar-refractivity contribution is -0.0844. The molecule has 0 saturated carbocycles. The van der Waals surface area contributed by atoms with Crippen molar-refractivity contribution >= 4 is 15.7 Å². The van der Waals surface area contributed by atoms with E-state index in [-0.39, 0.29) is 11.7 Å². The molecule has 2 fully saturated rings. The third-order valence-electron chi connectivity index (χ3n) is 5.14. The standard InChI is InChI=1S/C18H26N4O4S/c1-27(23,24)19-10-16-5-6-18(26-16)13-21(8-9-25-14-18)11-15-12-22-7-3-2-4-17(22)20-15/h2-4,7,12,16,19H,5-6,8-11,13-14H2,1H3/t16-,18-/m0/s1. The number of nitrogens with one attached hydrogen (secondary N) is 1. The van der Waals surface area contributed by atoms with E-state index in [0.717, 1.165) is 43.8 Å². The number of sulfonamides is 1. The fourth-order valence-corrected chi connectivity index (χ4v) is 4.41. The fourth-order valence-electron chi connectivity index (χ4n) is 3.92. The molecule has 2 saturated heterocycles. The third-order valence-corrected chi connectivity index (χ3v) is 5.83. The SMILES string of the molecule is CS(=O)(=O)NC[C@@H]1CC[C@]2(COCCN(Cc3cn4ccccc4n3)C2)O1. The third kappa shape index (κ3) is 4.67. The summed E-state index contributed by atoms with van der Waals surface area (Å²) in [5.41, 5.74) is 1.59.